The molecule has 5 rings (SSSR count). The van der Waals surface area contributed by atoms with Gasteiger partial charge in [-0.25, -0.2) is 14.5 Å². The number of benzene rings is 1. The standard InChI is InChI=1S/C24H23ClFN5O3/c25-22-20(12-28-30-24(22)33)31-9-7-17(13-31)34-21-10-15(6-8-27-21)18-5-4-16(11-19(18)26)29-23(32)14-2-1-3-14/h4-6,8,10-12,14,17H,1-3,7,9,13H2,(H,29,32)(H,30,33)/t17-/m1/s1. The fraction of sp³-hybridized carbons (Fsp3) is 0.333. The van der Waals surface area contributed by atoms with E-state index in [0.29, 0.717) is 47.9 Å². The van der Waals surface area contributed by atoms with Crippen molar-refractivity contribution < 1.29 is 13.9 Å². The molecule has 0 radical (unpaired) electrons. The lowest BCUT2D eigenvalue weighted by Gasteiger charge is -2.24. The van der Waals surface area contributed by atoms with Gasteiger partial charge < -0.3 is 15.0 Å². The number of amides is 1. The molecule has 1 amide bonds. The van der Waals surface area contributed by atoms with Gasteiger partial charge >= 0.3 is 0 Å². The van der Waals surface area contributed by atoms with Crippen molar-refractivity contribution in [2.24, 2.45) is 5.92 Å². The number of nitrogens with one attached hydrogen (secondary N) is 2. The number of hydrogen-bond acceptors (Lipinski definition) is 6. The highest BCUT2D eigenvalue weighted by atomic mass is 35.5. The van der Waals surface area contributed by atoms with Gasteiger partial charge in [0.1, 0.15) is 16.9 Å². The highest BCUT2D eigenvalue weighted by Crippen LogP contribution is 2.31. The van der Waals surface area contributed by atoms with E-state index in [9.17, 15) is 14.0 Å². The van der Waals surface area contributed by atoms with E-state index in [0.717, 1.165) is 19.3 Å². The fourth-order valence-electron chi connectivity index (χ4n) is 4.19. The van der Waals surface area contributed by atoms with Crippen LogP contribution in [-0.2, 0) is 4.79 Å². The Labute approximate surface area is 200 Å². The van der Waals surface area contributed by atoms with Crippen molar-refractivity contribution in [3.05, 3.63) is 63.9 Å². The monoisotopic (exact) mass is 483 g/mol. The first-order valence-electron chi connectivity index (χ1n) is 11.2. The van der Waals surface area contributed by atoms with Gasteiger partial charge in [0.25, 0.3) is 5.56 Å². The number of hydrogen-bond donors (Lipinski definition) is 2. The Bertz CT molecular complexity index is 1280. The van der Waals surface area contributed by atoms with Crippen molar-refractivity contribution in [2.45, 2.75) is 31.8 Å². The summed E-state index contributed by atoms with van der Waals surface area (Å²) >= 11 is 6.11. The van der Waals surface area contributed by atoms with Crippen LogP contribution in [0.1, 0.15) is 25.7 Å². The number of nitrogens with zero attached hydrogens (tertiary/aromatic N) is 3. The van der Waals surface area contributed by atoms with Crippen LogP contribution in [0.25, 0.3) is 11.1 Å². The number of H-pyrrole nitrogens is 1. The van der Waals surface area contributed by atoms with Crippen molar-refractivity contribution >= 4 is 28.9 Å². The molecule has 1 saturated heterocycles. The molecule has 1 aliphatic carbocycles. The van der Waals surface area contributed by atoms with Gasteiger partial charge in [0.05, 0.1) is 18.4 Å². The molecule has 2 N–H and O–H groups in total. The number of pyridine rings is 1. The second-order valence-electron chi connectivity index (χ2n) is 8.57. The summed E-state index contributed by atoms with van der Waals surface area (Å²) in [6, 6.07) is 8.07. The first-order valence-corrected chi connectivity index (χ1v) is 11.6. The highest BCUT2D eigenvalue weighted by Gasteiger charge is 2.27. The average molecular weight is 484 g/mol. The Balaban J connectivity index is 1.26. The summed E-state index contributed by atoms with van der Waals surface area (Å²) in [5.41, 5.74) is 1.58. The molecule has 3 aromatic rings. The van der Waals surface area contributed by atoms with E-state index in [1.807, 2.05) is 4.90 Å². The van der Waals surface area contributed by atoms with E-state index >= 15 is 0 Å². The quantitative estimate of drug-likeness (QED) is 0.549. The van der Waals surface area contributed by atoms with Gasteiger partial charge in [0.15, 0.2) is 0 Å². The summed E-state index contributed by atoms with van der Waals surface area (Å²) < 4.78 is 20.9. The van der Waals surface area contributed by atoms with Crippen LogP contribution in [0.2, 0.25) is 5.02 Å². The molecule has 8 nitrogen and oxygen atoms in total. The number of anilines is 2. The number of aromatic nitrogens is 3. The predicted molar refractivity (Wildman–Crippen MR) is 127 cm³/mol. The lowest BCUT2D eigenvalue weighted by molar-refractivity contribution is -0.122. The molecule has 0 bridgehead atoms. The third-order valence-corrected chi connectivity index (χ3v) is 6.67. The molecule has 0 spiro atoms. The minimum Gasteiger partial charge on any atom is -0.472 e. The number of carbonyl (C=O) groups excluding carboxylic acids is 1. The molecular formula is C24H23ClFN5O3. The molecule has 2 fully saturated rings. The molecule has 176 valence electrons. The van der Waals surface area contributed by atoms with Gasteiger partial charge in [-0.3, -0.25) is 9.59 Å². The summed E-state index contributed by atoms with van der Waals surface area (Å²) in [5, 5.41) is 9.01. The topological polar surface area (TPSA) is 100 Å². The molecule has 10 heteroatoms. The number of rotatable bonds is 6. The maximum atomic E-state index is 14.9. The molecule has 34 heavy (non-hydrogen) atoms. The van der Waals surface area contributed by atoms with Crippen molar-refractivity contribution in [2.75, 3.05) is 23.3 Å². The molecule has 1 aromatic carbocycles. The predicted octanol–water partition coefficient (Wildman–Crippen LogP) is 4.02. The van der Waals surface area contributed by atoms with Gasteiger partial charge in [-0.1, -0.05) is 18.0 Å². The van der Waals surface area contributed by atoms with E-state index in [1.54, 1.807) is 30.5 Å². The first kappa shape index (κ1) is 22.3. The number of aromatic amines is 1. The molecule has 2 aliphatic rings. The van der Waals surface area contributed by atoms with Crippen LogP contribution in [0.4, 0.5) is 15.8 Å². The Hall–Kier alpha value is -3.46. The zero-order valence-corrected chi connectivity index (χ0v) is 19.0. The smallest absolute Gasteiger partial charge is 0.285 e. The largest absolute Gasteiger partial charge is 0.472 e. The van der Waals surface area contributed by atoms with E-state index in [-0.39, 0.29) is 23.0 Å². The average Bonchev–Trinajstić information content (AvgIpc) is 3.23. The molecule has 0 unspecified atom stereocenters. The second kappa shape index (κ2) is 9.42. The number of halogens is 2. The van der Waals surface area contributed by atoms with Gasteiger partial charge in [-0.2, -0.15) is 5.10 Å². The van der Waals surface area contributed by atoms with E-state index in [2.05, 4.69) is 20.5 Å². The molecule has 1 atom stereocenters. The Morgan fingerprint density at radius 2 is 2.09 bits per heavy atom. The zero-order chi connectivity index (χ0) is 23.7. The lowest BCUT2D eigenvalue weighted by atomic mass is 9.85. The van der Waals surface area contributed by atoms with Gasteiger partial charge in [0.2, 0.25) is 11.8 Å². The maximum Gasteiger partial charge on any atom is 0.285 e. The first-order chi connectivity index (χ1) is 16.5. The van der Waals surface area contributed by atoms with Crippen LogP contribution < -0.4 is 20.5 Å². The van der Waals surface area contributed by atoms with Crippen molar-refractivity contribution in [1.29, 1.82) is 0 Å². The minimum absolute atomic E-state index is 0.0315. The fourth-order valence-corrected chi connectivity index (χ4v) is 4.40. The third kappa shape index (κ3) is 4.61. The molecule has 1 aliphatic heterocycles. The summed E-state index contributed by atoms with van der Waals surface area (Å²) in [7, 11) is 0. The van der Waals surface area contributed by atoms with E-state index < -0.39 is 11.4 Å². The van der Waals surface area contributed by atoms with Gasteiger partial charge in [-0.15, -0.1) is 0 Å². The van der Waals surface area contributed by atoms with Gasteiger partial charge in [-0.05, 0) is 42.7 Å². The van der Waals surface area contributed by atoms with Crippen molar-refractivity contribution in [3.8, 4) is 17.0 Å². The Morgan fingerprint density at radius 1 is 1.24 bits per heavy atom. The summed E-state index contributed by atoms with van der Waals surface area (Å²) in [5.74, 6) is -0.0851. The second-order valence-corrected chi connectivity index (χ2v) is 8.95. The number of carbonyl (C=O) groups is 1. The summed E-state index contributed by atoms with van der Waals surface area (Å²) in [6.07, 6.45) is 6.46. The van der Waals surface area contributed by atoms with Gasteiger partial charge in [0, 0.05) is 42.4 Å². The Kier molecular flexibility index (Phi) is 6.19. The molecule has 3 heterocycles. The van der Waals surface area contributed by atoms with Crippen LogP contribution >= 0.6 is 11.6 Å². The highest BCUT2D eigenvalue weighted by molar-refractivity contribution is 6.33. The van der Waals surface area contributed by atoms with Crippen LogP contribution in [0.5, 0.6) is 5.88 Å². The van der Waals surface area contributed by atoms with Crippen molar-refractivity contribution in [1.82, 2.24) is 15.2 Å². The SMILES string of the molecule is O=C(Nc1ccc(-c2ccnc(O[C@@H]3CCN(c4cn[nH]c(=O)c4Cl)C3)c2)c(F)c1)C1CCC1. The Morgan fingerprint density at radius 3 is 2.85 bits per heavy atom. The van der Waals surface area contributed by atoms with Crippen LogP contribution in [0.15, 0.2) is 47.5 Å². The van der Waals surface area contributed by atoms with E-state index in [1.165, 1.54) is 12.3 Å². The third-order valence-electron chi connectivity index (χ3n) is 6.31. The van der Waals surface area contributed by atoms with Crippen molar-refractivity contribution in [3.63, 3.8) is 0 Å². The zero-order valence-electron chi connectivity index (χ0n) is 18.3. The minimum atomic E-state index is -0.438. The summed E-state index contributed by atoms with van der Waals surface area (Å²) in [4.78, 5) is 30.1. The number of ether oxygens (including phenoxy) is 1. The summed E-state index contributed by atoms with van der Waals surface area (Å²) in [6.45, 7) is 1.17. The molecular weight excluding hydrogens is 461 g/mol. The lowest BCUT2D eigenvalue weighted by Crippen LogP contribution is -2.28. The molecule has 1 saturated carbocycles. The normalized spacial score (nSPS) is 17.9. The van der Waals surface area contributed by atoms with Crippen LogP contribution in [0.3, 0.4) is 0 Å². The van der Waals surface area contributed by atoms with Crippen LogP contribution in [0, 0.1) is 11.7 Å². The molecule has 2 aromatic heterocycles. The van der Waals surface area contributed by atoms with E-state index in [4.69, 9.17) is 16.3 Å². The van der Waals surface area contributed by atoms with Crippen LogP contribution in [-0.4, -0.2) is 40.3 Å². The maximum absolute atomic E-state index is 14.9.